The van der Waals surface area contributed by atoms with E-state index in [0.29, 0.717) is 29.4 Å². The van der Waals surface area contributed by atoms with E-state index in [-0.39, 0.29) is 0 Å². The van der Waals surface area contributed by atoms with Crippen LogP contribution in [0.25, 0.3) is 0 Å². The molecule has 2 aromatic rings. The molecule has 20 heavy (non-hydrogen) atoms. The molecule has 0 aliphatic heterocycles. The molecule has 2 N–H and O–H groups in total. The Morgan fingerprint density at radius 1 is 1.20 bits per heavy atom. The molecule has 5 heteroatoms. The zero-order valence-electron chi connectivity index (χ0n) is 10.9. The first kappa shape index (κ1) is 14.4. The molecular weight excluding hydrogens is 322 g/mol. The summed E-state index contributed by atoms with van der Waals surface area (Å²) in [5, 5.41) is 0. The van der Waals surface area contributed by atoms with E-state index in [9.17, 15) is 4.79 Å². The summed E-state index contributed by atoms with van der Waals surface area (Å²) in [7, 11) is 0. The zero-order valence-corrected chi connectivity index (χ0v) is 12.5. The van der Waals surface area contributed by atoms with Gasteiger partial charge < -0.3 is 15.2 Å². The van der Waals surface area contributed by atoms with Gasteiger partial charge in [-0.3, -0.25) is 0 Å². The number of benzene rings is 2. The van der Waals surface area contributed by atoms with Gasteiger partial charge in [0.1, 0.15) is 11.5 Å². The molecule has 0 heterocycles. The second-order valence-electron chi connectivity index (χ2n) is 4.03. The zero-order chi connectivity index (χ0) is 14.5. The van der Waals surface area contributed by atoms with Crippen molar-refractivity contribution in [3.05, 3.63) is 52.5 Å². The molecule has 0 radical (unpaired) electrons. The Bertz CT molecular complexity index is 628. The first-order chi connectivity index (χ1) is 9.60. The largest absolute Gasteiger partial charge is 0.462 e. The van der Waals surface area contributed by atoms with Crippen LogP contribution < -0.4 is 10.5 Å². The summed E-state index contributed by atoms with van der Waals surface area (Å²) >= 11 is 3.37. The molecule has 0 atom stereocenters. The van der Waals surface area contributed by atoms with E-state index < -0.39 is 5.97 Å². The van der Waals surface area contributed by atoms with Gasteiger partial charge in [-0.25, -0.2) is 4.79 Å². The molecule has 0 amide bonds. The van der Waals surface area contributed by atoms with Crippen molar-refractivity contribution in [3.8, 4) is 11.5 Å². The highest BCUT2D eigenvalue weighted by Gasteiger charge is 2.12. The van der Waals surface area contributed by atoms with Crippen molar-refractivity contribution < 1.29 is 14.3 Å². The van der Waals surface area contributed by atoms with Crippen LogP contribution in [0, 0.1) is 0 Å². The molecule has 4 nitrogen and oxygen atoms in total. The van der Waals surface area contributed by atoms with Gasteiger partial charge in [-0.2, -0.15) is 0 Å². The fourth-order valence-corrected chi connectivity index (χ4v) is 2.03. The highest BCUT2D eigenvalue weighted by Crippen LogP contribution is 2.27. The normalized spacial score (nSPS) is 10.1. The maximum atomic E-state index is 11.8. The number of carbonyl (C=O) groups excluding carboxylic acids is 1. The van der Waals surface area contributed by atoms with Crippen LogP contribution in [0.2, 0.25) is 0 Å². The van der Waals surface area contributed by atoms with E-state index in [1.165, 1.54) is 0 Å². The lowest BCUT2D eigenvalue weighted by Crippen LogP contribution is -2.08. The average molecular weight is 336 g/mol. The second-order valence-corrected chi connectivity index (χ2v) is 4.94. The number of nitrogens with two attached hydrogens (primary N) is 1. The van der Waals surface area contributed by atoms with Crippen LogP contribution in [0.3, 0.4) is 0 Å². The molecule has 0 spiro atoms. The summed E-state index contributed by atoms with van der Waals surface area (Å²) in [5.74, 6) is 0.740. The molecule has 0 aliphatic carbocycles. The van der Waals surface area contributed by atoms with Gasteiger partial charge >= 0.3 is 5.97 Å². The molecule has 2 rings (SSSR count). The van der Waals surface area contributed by atoms with Crippen molar-refractivity contribution in [2.45, 2.75) is 6.92 Å². The van der Waals surface area contributed by atoms with E-state index in [1.807, 2.05) is 24.3 Å². The van der Waals surface area contributed by atoms with Gasteiger partial charge in [0.2, 0.25) is 0 Å². The van der Waals surface area contributed by atoms with E-state index in [4.69, 9.17) is 15.2 Å². The fourth-order valence-electron chi connectivity index (χ4n) is 1.65. The molecule has 0 fully saturated rings. The maximum absolute atomic E-state index is 11.8. The molecule has 0 saturated carbocycles. The van der Waals surface area contributed by atoms with Crippen LogP contribution in [0.4, 0.5) is 5.69 Å². The average Bonchev–Trinajstić information content (AvgIpc) is 2.41. The van der Waals surface area contributed by atoms with Gasteiger partial charge in [0, 0.05) is 10.2 Å². The first-order valence-corrected chi connectivity index (χ1v) is 6.89. The third kappa shape index (κ3) is 3.51. The molecule has 0 aliphatic rings. The molecular formula is C15H14BrNO3. The minimum atomic E-state index is -0.454. The number of hydrogen-bond acceptors (Lipinski definition) is 4. The second kappa shape index (κ2) is 6.43. The van der Waals surface area contributed by atoms with Gasteiger partial charge in [0.15, 0.2) is 0 Å². The lowest BCUT2D eigenvalue weighted by atomic mass is 10.1. The number of rotatable bonds is 4. The fraction of sp³-hybridized carbons (Fsp3) is 0.133. The van der Waals surface area contributed by atoms with Crippen LogP contribution >= 0.6 is 15.9 Å². The van der Waals surface area contributed by atoms with Gasteiger partial charge in [-0.1, -0.05) is 22.0 Å². The summed E-state index contributed by atoms with van der Waals surface area (Å²) < 4.78 is 11.6. The summed E-state index contributed by atoms with van der Waals surface area (Å²) in [5.41, 5.74) is 6.44. The summed E-state index contributed by atoms with van der Waals surface area (Å²) in [4.78, 5) is 11.8. The molecule has 0 bridgehead atoms. The van der Waals surface area contributed by atoms with Crippen LogP contribution in [-0.4, -0.2) is 12.6 Å². The van der Waals surface area contributed by atoms with Crippen molar-refractivity contribution in [1.29, 1.82) is 0 Å². The minimum absolute atomic E-state index is 0.301. The Morgan fingerprint density at radius 3 is 2.65 bits per heavy atom. The number of carbonyl (C=O) groups is 1. The van der Waals surface area contributed by atoms with Gasteiger partial charge in [0.25, 0.3) is 0 Å². The summed E-state index contributed by atoms with van der Waals surface area (Å²) in [6, 6.07) is 12.3. The lowest BCUT2D eigenvalue weighted by Gasteiger charge is -2.09. The smallest absolute Gasteiger partial charge is 0.340 e. The van der Waals surface area contributed by atoms with Crippen molar-refractivity contribution in [2.24, 2.45) is 0 Å². The quantitative estimate of drug-likeness (QED) is 0.677. The molecule has 0 saturated heterocycles. The number of hydrogen-bond donors (Lipinski definition) is 1. The number of nitrogen functional groups attached to an aromatic ring is 1. The van der Waals surface area contributed by atoms with E-state index in [2.05, 4.69) is 15.9 Å². The number of esters is 1. The van der Waals surface area contributed by atoms with Gasteiger partial charge in [-0.15, -0.1) is 0 Å². The van der Waals surface area contributed by atoms with Crippen molar-refractivity contribution >= 4 is 27.6 Å². The van der Waals surface area contributed by atoms with Gasteiger partial charge in [-0.05, 0) is 43.3 Å². The third-order valence-corrected chi connectivity index (χ3v) is 3.05. The first-order valence-electron chi connectivity index (χ1n) is 6.10. The van der Waals surface area contributed by atoms with Crippen LogP contribution in [0.1, 0.15) is 17.3 Å². The highest BCUT2D eigenvalue weighted by atomic mass is 79.9. The van der Waals surface area contributed by atoms with E-state index in [1.54, 1.807) is 25.1 Å². The predicted molar refractivity (Wildman–Crippen MR) is 81.0 cm³/mol. The number of anilines is 1. The predicted octanol–water partition coefficient (Wildman–Crippen LogP) is 4.00. The molecule has 2 aromatic carbocycles. The Hall–Kier alpha value is -2.01. The molecule has 0 aromatic heterocycles. The monoisotopic (exact) mass is 335 g/mol. The van der Waals surface area contributed by atoms with Crippen molar-refractivity contribution in [1.82, 2.24) is 0 Å². The minimum Gasteiger partial charge on any atom is -0.462 e. The Balaban J connectivity index is 2.25. The Labute approximate surface area is 125 Å². The molecule has 0 unspecified atom stereocenters. The highest BCUT2D eigenvalue weighted by molar-refractivity contribution is 9.10. The van der Waals surface area contributed by atoms with Crippen LogP contribution in [-0.2, 0) is 4.74 Å². The van der Waals surface area contributed by atoms with E-state index >= 15 is 0 Å². The molecule has 104 valence electrons. The topological polar surface area (TPSA) is 61.5 Å². The Morgan fingerprint density at radius 2 is 1.95 bits per heavy atom. The van der Waals surface area contributed by atoms with Crippen LogP contribution in [0.5, 0.6) is 11.5 Å². The number of ether oxygens (including phenoxy) is 2. The summed E-state index contributed by atoms with van der Waals surface area (Å²) in [6.07, 6.45) is 0. The third-order valence-electron chi connectivity index (χ3n) is 2.55. The summed E-state index contributed by atoms with van der Waals surface area (Å²) in [6.45, 7) is 2.05. The van der Waals surface area contributed by atoms with Crippen LogP contribution in [0.15, 0.2) is 46.9 Å². The van der Waals surface area contributed by atoms with Gasteiger partial charge in [0.05, 0.1) is 12.2 Å². The SMILES string of the molecule is CCOC(=O)c1cc(Oc2cccc(Br)c2)ccc1N. The lowest BCUT2D eigenvalue weighted by molar-refractivity contribution is 0.0527. The van der Waals surface area contributed by atoms with E-state index in [0.717, 1.165) is 4.47 Å². The maximum Gasteiger partial charge on any atom is 0.340 e. The standard InChI is InChI=1S/C15H14BrNO3/c1-2-19-15(18)13-9-12(6-7-14(13)17)20-11-5-3-4-10(16)8-11/h3-9H,2,17H2,1H3. The Kier molecular flexibility index (Phi) is 4.63. The number of halogens is 1. The van der Waals surface area contributed by atoms with Crippen molar-refractivity contribution in [2.75, 3.05) is 12.3 Å². The van der Waals surface area contributed by atoms with Crippen molar-refractivity contribution in [3.63, 3.8) is 0 Å².